The zero-order chi connectivity index (χ0) is 17.6. The molecule has 0 saturated carbocycles. The van der Waals surface area contributed by atoms with Crippen molar-refractivity contribution in [3.63, 3.8) is 0 Å². The molecule has 0 aliphatic heterocycles. The Morgan fingerprint density at radius 2 is 1.67 bits per heavy atom. The van der Waals surface area contributed by atoms with Gasteiger partial charge in [0, 0.05) is 11.9 Å². The highest BCUT2D eigenvalue weighted by molar-refractivity contribution is 7.92. The summed E-state index contributed by atoms with van der Waals surface area (Å²) >= 11 is 0. The molecule has 0 amide bonds. The fraction of sp³-hybridized carbons (Fsp3) is 0.278. The minimum Gasteiger partial charge on any atom is -0.302 e. The molecule has 0 aliphatic rings. The number of aryl methyl sites for hydroxylation is 5. The third-order valence-electron chi connectivity index (χ3n) is 4.24. The van der Waals surface area contributed by atoms with Crippen molar-refractivity contribution in [1.82, 2.24) is 9.38 Å². The van der Waals surface area contributed by atoms with Crippen LogP contribution in [0.2, 0.25) is 0 Å². The molecule has 2 aromatic heterocycles. The van der Waals surface area contributed by atoms with Crippen LogP contribution in [0.5, 0.6) is 0 Å². The first kappa shape index (κ1) is 16.5. The Morgan fingerprint density at radius 3 is 2.29 bits per heavy atom. The van der Waals surface area contributed by atoms with Crippen molar-refractivity contribution in [2.45, 2.75) is 39.5 Å². The van der Waals surface area contributed by atoms with Crippen molar-refractivity contribution < 1.29 is 8.42 Å². The lowest BCUT2D eigenvalue weighted by atomic mass is 10.1. The van der Waals surface area contributed by atoms with Crippen LogP contribution in [0.4, 0.5) is 5.69 Å². The van der Waals surface area contributed by atoms with Gasteiger partial charge in [0.2, 0.25) is 0 Å². The molecular formula is C18H21N3O2S. The van der Waals surface area contributed by atoms with E-state index in [0.717, 1.165) is 28.1 Å². The summed E-state index contributed by atoms with van der Waals surface area (Å²) in [5, 5.41) is 0. The Kier molecular flexibility index (Phi) is 3.87. The van der Waals surface area contributed by atoms with E-state index in [9.17, 15) is 8.42 Å². The lowest BCUT2D eigenvalue weighted by molar-refractivity contribution is 0.600. The predicted octanol–water partition coefficient (Wildman–Crippen LogP) is 3.68. The van der Waals surface area contributed by atoms with Crippen LogP contribution in [0.15, 0.2) is 35.4 Å². The smallest absolute Gasteiger partial charge is 0.262 e. The van der Waals surface area contributed by atoms with Crippen molar-refractivity contribution in [2.75, 3.05) is 4.72 Å². The Hall–Kier alpha value is -2.34. The molecule has 0 atom stereocenters. The maximum absolute atomic E-state index is 12.9. The van der Waals surface area contributed by atoms with Gasteiger partial charge in [0.1, 0.15) is 0 Å². The summed E-state index contributed by atoms with van der Waals surface area (Å²) in [5.41, 5.74) is 5.49. The summed E-state index contributed by atoms with van der Waals surface area (Å²) in [5.74, 6) is 0. The van der Waals surface area contributed by atoms with Gasteiger partial charge in [-0.3, -0.25) is 4.72 Å². The number of nitrogens with one attached hydrogen (secondary N) is 1. The molecule has 0 radical (unpaired) electrons. The van der Waals surface area contributed by atoms with Crippen LogP contribution in [0.3, 0.4) is 0 Å². The molecule has 1 N–H and O–H groups in total. The fourth-order valence-corrected chi connectivity index (χ4v) is 4.68. The Morgan fingerprint density at radius 1 is 1.04 bits per heavy atom. The number of sulfonamides is 1. The van der Waals surface area contributed by atoms with Crippen molar-refractivity contribution >= 4 is 21.4 Å². The van der Waals surface area contributed by atoms with E-state index in [-0.39, 0.29) is 0 Å². The van der Waals surface area contributed by atoms with E-state index >= 15 is 0 Å². The van der Waals surface area contributed by atoms with Gasteiger partial charge in [-0.15, -0.1) is 0 Å². The number of benzene rings is 1. The molecule has 6 heteroatoms. The van der Waals surface area contributed by atoms with Gasteiger partial charge in [-0.1, -0.05) is 17.7 Å². The maximum atomic E-state index is 12.9. The number of pyridine rings is 1. The second-order valence-corrected chi connectivity index (χ2v) is 7.85. The lowest BCUT2D eigenvalue weighted by Crippen LogP contribution is -2.16. The number of imidazole rings is 1. The minimum absolute atomic E-state index is 0.329. The van der Waals surface area contributed by atoms with Crippen LogP contribution in [0.25, 0.3) is 5.65 Å². The quantitative estimate of drug-likeness (QED) is 0.789. The molecule has 3 rings (SSSR count). The van der Waals surface area contributed by atoms with E-state index in [1.54, 1.807) is 6.07 Å². The van der Waals surface area contributed by atoms with E-state index in [1.165, 1.54) is 0 Å². The Balaban J connectivity index is 2.13. The molecule has 0 fully saturated rings. The van der Waals surface area contributed by atoms with Gasteiger partial charge in [-0.25, -0.2) is 13.4 Å². The third-order valence-corrected chi connectivity index (χ3v) is 5.91. The fourth-order valence-electron chi connectivity index (χ4n) is 3.17. The Bertz CT molecular complexity index is 1030. The van der Waals surface area contributed by atoms with Crippen LogP contribution in [0.1, 0.15) is 28.1 Å². The molecule has 2 heterocycles. The van der Waals surface area contributed by atoms with Crippen LogP contribution >= 0.6 is 0 Å². The molecule has 1 aromatic carbocycles. The average molecular weight is 343 g/mol. The molecule has 0 aliphatic carbocycles. The van der Waals surface area contributed by atoms with Crippen molar-refractivity contribution in [3.05, 3.63) is 58.5 Å². The van der Waals surface area contributed by atoms with Crippen LogP contribution in [-0.4, -0.2) is 17.8 Å². The van der Waals surface area contributed by atoms with Crippen LogP contribution in [-0.2, 0) is 10.0 Å². The molecule has 0 bridgehead atoms. The van der Waals surface area contributed by atoms with E-state index in [0.29, 0.717) is 16.2 Å². The largest absolute Gasteiger partial charge is 0.302 e. The highest BCUT2D eigenvalue weighted by atomic mass is 32.2. The maximum Gasteiger partial charge on any atom is 0.262 e. The Labute approximate surface area is 142 Å². The van der Waals surface area contributed by atoms with E-state index < -0.39 is 10.0 Å². The van der Waals surface area contributed by atoms with Gasteiger partial charge >= 0.3 is 0 Å². The summed E-state index contributed by atoms with van der Waals surface area (Å²) in [4.78, 5) is 4.81. The van der Waals surface area contributed by atoms with Gasteiger partial charge < -0.3 is 4.40 Å². The zero-order valence-electron chi connectivity index (χ0n) is 14.5. The molecule has 5 nitrogen and oxygen atoms in total. The summed E-state index contributed by atoms with van der Waals surface area (Å²) < 4.78 is 30.5. The minimum atomic E-state index is -3.69. The van der Waals surface area contributed by atoms with Crippen molar-refractivity contribution in [3.8, 4) is 0 Å². The highest BCUT2D eigenvalue weighted by Gasteiger charge is 2.21. The number of aromatic nitrogens is 2. The molecule has 24 heavy (non-hydrogen) atoms. The second-order valence-electron chi connectivity index (χ2n) is 6.23. The van der Waals surface area contributed by atoms with E-state index in [1.807, 2.05) is 63.4 Å². The van der Waals surface area contributed by atoms with Crippen LogP contribution in [0, 0.1) is 34.6 Å². The number of rotatable bonds is 3. The SMILES string of the molecule is Cc1cc(C)c(S(=O)(=O)Nc2cccn3c(C)c(C)nc23)c(C)c1. The number of hydrogen-bond acceptors (Lipinski definition) is 3. The number of nitrogens with zero attached hydrogens (tertiary/aromatic N) is 2. The normalized spacial score (nSPS) is 11.9. The number of anilines is 1. The number of fused-ring (bicyclic) bond motifs is 1. The molecule has 0 unspecified atom stereocenters. The van der Waals surface area contributed by atoms with E-state index in [4.69, 9.17) is 0 Å². The summed E-state index contributed by atoms with van der Waals surface area (Å²) in [6.45, 7) is 9.47. The topological polar surface area (TPSA) is 63.5 Å². The monoisotopic (exact) mass is 343 g/mol. The highest BCUT2D eigenvalue weighted by Crippen LogP contribution is 2.26. The van der Waals surface area contributed by atoms with Crippen molar-refractivity contribution in [2.24, 2.45) is 0 Å². The van der Waals surface area contributed by atoms with Gasteiger partial charge in [-0.2, -0.15) is 0 Å². The predicted molar refractivity (Wildman–Crippen MR) is 96.1 cm³/mol. The van der Waals surface area contributed by atoms with Gasteiger partial charge in [0.05, 0.1) is 16.3 Å². The first-order chi connectivity index (χ1) is 11.2. The molecule has 0 spiro atoms. The van der Waals surface area contributed by atoms with E-state index in [2.05, 4.69) is 9.71 Å². The summed E-state index contributed by atoms with van der Waals surface area (Å²) in [7, 11) is -3.69. The van der Waals surface area contributed by atoms with Gasteiger partial charge in [0.25, 0.3) is 10.0 Å². The lowest BCUT2D eigenvalue weighted by Gasteiger charge is -2.14. The third kappa shape index (κ3) is 2.67. The van der Waals surface area contributed by atoms with Gasteiger partial charge in [0.15, 0.2) is 5.65 Å². The second kappa shape index (κ2) is 5.63. The van der Waals surface area contributed by atoms with Crippen LogP contribution < -0.4 is 4.72 Å². The standard InChI is InChI=1S/C18H21N3O2S/c1-11-9-12(2)17(13(3)10-11)24(22,23)20-16-7-6-8-21-15(5)14(4)19-18(16)21/h6-10,20H,1-5H3. The molecule has 126 valence electrons. The average Bonchev–Trinajstić information content (AvgIpc) is 2.74. The zero-order valence-corrected chi connectivity index (χ0v) is 15.3. The number of hydrogen-bond donors (Lipinski definition) is 1. The summed E-state index contributed by atoms with van der Waals surface area (Å²) in [6.07, 6.45) is 1.88. The molecule has 0 saturated heterocycles. The van der Waals surface area contributed by atoms with Gasteiger partial charge in [-0.05, 0) is 57.9 Å². The molecule has 3 aromatic rings. The first-order valence-electron chi connectivity index (χ1n) is 7.75. The van der Waals surface area contributed by atoms with Crippen molar-refractivity contribution in [1.29, 1.82) is 0 Å². The first-order valence-corrected chi connectivity index (χ1v) is 9.24. The molecular weight excluding hydrogens is 322 g/mol. The summed E-state index contributed by atoms with van der Waals surface area (Å²) in [6, 6.07) is 7.31.